The maximum atomic E-state index is 13.9. The van der Waals surface area contributed by atoms with E-state index < -0.39 is 23.5 Å². The van der Waals surface area contributed by atoms with Crippen molar-refractivity contribution in [2.45, 2.75) is 76.3 Å². The van der Waals surface area contributed by atoms with Gasteiger partial charge in [0.1, 0.15) is 17.3 Å². The number of alkyl halides is 3. The minimum Gasteiger partial charge on any atom is -0.383 e. The Labute approximate surface area is 266 Å². The third-order valence-corrected chi connectivity index (χ3v) is 9.45. The number of hydrogen-bond donors (Lipinski definition) is 0. The first-order valence-electron chi connectivity index (χ1n) is 15.8. The normalized spacial score (nSPS) is 21.5. The number of carbonyl (C=O) groups excluding carboxylic acids is 1. The van der Waals surface area contributed by atoms with E-state index in [1.54, 1.807) is 26.3 Å². The molecule has 4 atom stereocenters. The molecule has 0 aliphatic carbocycles. The number of aryl methyl sites for hydroxylation is 1. The van der Waals surface area contributed by atoms with Crippen LogP contribution in [0.3, 0.4) is 0 Å². The van der Waals surface area contributed by atoms with Gasteiger partial charge in [-0.05, 0) is 55.5 Å². The van der Waals surface area contributed by atoms with E-state index in [1.807, 2.05) is 18.7 Å². The number of methoxy groups -OCH3 is 1. The molecule has 1 aromatic carbocycles. The maximum absolute atomic E-state index is 13.9. The van der Waals surface area contributed by atoms with Gasteiger partial charge in [-0.2, -0.15) is 23.4 Å². The number of likely N-dealkylation sites (tertiary alicyclic amines) is 1. The van der Waals surface area contributed by atoms with Crippen molar-refractivity contribution in [1.29, 1.82) is 5.26 Å². The Bertz CT molecular complexity index is 1650. The Hall–Kier alpha value is -4.02. The number of benzene rings is 1. The average Bonchev–Trinajstić information content (AvgIpc) is 3.52. The van der Waals surface area contributed by atoms with Crippen molar-refractivity contribution < 1.29 is 22.7 Å². The Morgan fingerprint density at radius 1 is 1.07 bits per heavy atom. The van der Waals surface area contributed by atoms with Crippen molar-refractivity contribution in [3.8, 4) is 6.07 Å². The van der Waals surface area contributed by atoms with Crippen LogP contribution in [-0.2, 0) is 22.8 Å². The second-order valence-corrected chi connectivity index (χ2v) is 12.1. The largest absolute Gasteiger partial charge is 0.416 e. The van der Waals surface area contributed by atoms with Gasteiger partial charge in [0.15, 0.2) is 5.82 Å². The van der Waals surface area contributed by atoms with Gasteiger partial charge in [-0.1, -0.05) is 26.0 Å². The van der Waals surface area contributed by atoms with Crippen LogP contribution in [0.5, 0.6) is 0 Å². The molecule has 4 heterocycles. The predicted molar refractivity (Wildman–Crippen MR) is 167 cm³/mol. The SMILES string of the molecule is CC[C@H]1CN(C(CC(=O)N2CCC[C@@H]2COC)c2ccc(C(F)(F)F)cc2)[C@H](CC)CN1c1nc(=O)n(C)c2ccc(C#N)nc12. The quantitative estimate of drug-likeness (QED) is 0.333. The molecule has 2 aromatic heterocycles. The number of ether oxygens (including phenoxy) is 1. The van der Waals surface area contributed by atoms with Crippen LogP contribution in [0, 0.1) is 11.3 Å². The summed E-state index contributed by atoms with van der Waals surface area (Å²) in [5.74, 6) is 0.351. The van der Waals surface area contributed by atoms with Crippen LogP contribution in [0.2, 0.25) is 0 Å². The third-order valence-electron chi connectivity index (χ3n) is 9.45. The molecule has 2 aliphatic heterocycles. The lowest BCUT2D eigenvalue weighted by Crippen LogP contribution is -2.59. The summed E-state index contributed by atoms with van der Waals surface area (Å²) in [4.78, 5) is 41.9. The van der Waals surface area contributed by atoms with E-state index in [4.69, 9.17) is 4.74 Å². The van der Waals surface area contributed by atoms with Gasteiger partial charge in [-0.25, -0.2) is 9.78 Å². The molecule has 0 spiro atoms. The highest BCUT2D eigenvalue weighted by Gasteiger charge is 2.40. The Balaban J connectivity index is 1.54. The lowest BCUT2D eigenvalue weighted by Gasteiger charge is -2.50. The van der Waals surface area contributed by atoms with E-state index >= 15 is 0 Å². The Kier molecular flexibility index (Phi) is 9.98. The molecule has 2 fully saturated rings. The summed E-state index contributed by atoms with van der Waals surface area (Å²) >= 11 is 0. The second kappa shape index (κ2) is 13.8. The summed E-state index contributed by atoms with van der Waals surface area (Å²) in [5.41, 5.74) is 0.686. The summed E-state index contributed by atoms with van der Waals surface area (Å²) < 4.78 is 47.3. The molecular weight excluding hydrogens is 599 g/mol. The lowest BCUT2D eigenvalue weighted by atomic mass is 9.93. The van der Waals surface area contributed by atoms with E-state index in [9.17, 15) is 28.0 Å². The number of aromatic nitrogens is 3. The van der Waals surface area contributed by atoms with Gasteiger partial charge in [0, 0.05) is 58.3 Å². The lowest BCUT2D eigenvalue weighted by molar-refractivity contribution is -0.138. The van der Waals surface area contributed by atoms with E-state index in [-0.39, 0.29) is 36.1 Å². The van der Waals surface area contributed by atoms with Crippen LogP contribution >= 0.6 is 0 Å². The van der Waals surface area contributed by atoms with E-state index in [0.717, 1.165) is 25.0 Å². The summed E-state index contributed by atoms with van der Waals surface area (Å²) in [6.07, 6.45) is -1.30. The van der Waals surface area contributed by atoms with Crippen molar-refractivity contribution in [2.24, 2.45) is 7.05 Å². The average molecular weight is 640 g/mol. The Morgan fingerprint density at radius 2 is 1.78 bits per heavy atom. The highest BCUT2D eigenvalue weighted by molar-refractivity contribution is 5.86. The number of halogens is 3. The molecule has 13 heteroatoms. The van der Waals surface area contributed by atoms with E-state index in [2.05, 4.69) is 25.8 Å². The van der Waals surface area contributed by atoms with Crippen LogP contribution in [0.15, 0.2) is 41.2 Å². The summed E-state index contributed by atoms with van der Waals surface area (Å²) in [5, 5.41) is 9.54. The fourth-order valence-corrected chi connectivity index (χ4v) is 6.93. The number of fused-ring (bicyclic) bond motifs is 1. The molecule has 0 radical (unpaired) electrons. The molecule has 0 saturated carbocycles. The topological polar surface area (TPSA) is 108 Å². The number of nitrogens with zero attached hydrogens (tertiary/aromatic N) is 7. The first kappa shape index (κ1) is 33.3. The van der Waals surface area contributed by atoms with Crippen molar-refractivity contribution in [3.63, 3.8) is 0 Å². The number of hydrogen-bond acceptors (Lipinski definition) is 8. The first-order valence-corrected chi connectivity index (χ1v) is 15.8. The molecule has 2 saturated heterocycles. The van der Waals surface area contributed by atoms with E-state index in [0.29, 0.717) is 61.5 Å². The minimum absolute atomic E-state index is 0.0289. The standard InChI is InChI=1S/C33H40F3N7O3/c1-5-24-19-43(31-30-27(40(3)32(45)39-31)14-13-23(17-37)38-30)25(6-2)18-42(24)28(21-9-11-22(12-10-21)33(34,35)36)16-29(44)41-15-7-8-26(41)20-46-4/h9-14,24-26,28H,5-8,15-16,18-20H2,1-4H3/t24-,25+,26-,28?/m1/s1. The number of rotatable bonds is 9. The zero-order valence-electron chi connectivity index (χ0n) is 26.6. The van der Waals surface area contributed by atoms with Crippen molar-refractivity contribution in [2.75, 3.05) is 38.3 Å². The van der Waals surface area contributed by atoms with Crippen LogP contribution < -0.4 is 10.6 Å². The van der Waals surface area contributed by atoms with Gasteiger partial charge in [0.05, 0.1) is 23.7 Å². The molecular formula is C33H40F3N7O3. The van der Waals surface area contributed by atoms with Crippen LogP contribution in [0.4, 0.5) is 19.0 Å². The summed E-state index contributed by atoms with van der Waals surface area (Å²) in [6, 6.07) is 9.68. The number of carbonyl (C=O) groups is 1. The number of amides is 1. The number of anilines is 1. The molecule has 2 aliphatic rings. The fourth-order valence-electron chi connectivity index (χ4n) is 6.93. The van der Waals surface area contributed by atoms with Gasteiger partial charge in [-0.3, -0.25) is 14.3 Å². The first-order chi connectivity index (χ1) is 22.0. The molecule has 1 unspecified atom stereocenters. The highest BCUT2D eigenvalue weighted by atomic mass is 19.4. The van der Waals surface area contributed by atoms with E-state index in [1.165, 1.54) is 16.7 Å². The number of nitriles is 1. The zero-order valence-corrected chi connectivity index (χ0v) is 26.6. The molecule has 246 valence electrons. The van der Waals surface area contributed by atoms with Crippen LogP contribution in [0.25, 0.3) is 11.0 Å². The van der Waals surface area contributed by atoms with Crippen molar-refractivity contribution in [1.82, 2.24) is 24.3 Å². The van der Waals surface area contributed by atoms with Gasteiger partial charge < -0.3 is 14.5 Å². The van der Waals surface area contributed by atoms with Crippen LogP contribution in [-0.4, -0.2) is 81.7 Å². The molecule has 46 heavy (non-hydrogen) atoms. The minimum atomic E-state index is -4.47. The van der Waals surface area contributed by atoms with Crippen molar-refractivity contribution >= 4 is 22.8 Å². The molecule has 1 amide bonds. The number of pyridine rings is 1. The third kappa shape index (κ3) is 6.59. The zero-order chi connectivity index (χ0) is 33.2. The smallest absolute Gasteiger partial charge is 0.383 e. The maximum Gasteiger partial charge on any atom is 0.416 e. The van der Waals surface area contributed by atoms with Crippen molar-refractivity contribution in [3.05, 3.63) is 63.7 Å². The summed E-state index contributed by atoms with van der Waals surface area (Å²) in [6.45, 7) is 6.04. The van der Waals surface area contributed by atoms with Crippen LogP contribution in [0.1, 0.15) is 68.8 Å². The molecule has 0 N–H and O–H groups in total. The fraction of sp³-hybridized carbons (Fsp3) is 0.545. The predicted octanol–water partition coefficient (Wildman–Crippen LogP) is 4.67. The molecule has 3 aromatic rings. The molecule has 0 bridgehead atoms. The van der Waals surface area contributed by atoms with Gasteiger partial charge in [0.25, 0.3) is 0 Å². The Morgan fingerprint density at radius 3 is 2.41 bits per heavy atom. The summed E-state index contributed by atoms with van der Waals surface area (Å²) in [7, 11) is 3.22. The monoisotopic (exact) mass is 639 g/mol. The highest BCUT2D eigenvalue weighted by Crippen LogP contribution is 2.37. The van der Waals surface area contributed by atoms with Gasteiger partial charge >= 0.3 is 11.9 Å². The van der Waals surface area contributed by atoms with Gasteiger partial charge in [0.2, 0.25) is 5.91 Å². The molecule has 5 rings (SSSR count). The van der Waals surface area contributed by atoms with Gasteiger partial charge in [-0.15, -0.1) is 0 Å². The second-order valence-electron chi connectivity index (χ2n) is 12.1. The number of piperazine rings is 1. The molecule has 10 nitrogen and oxygen atoms in total.